The number of rotatable bonds is 4. The molecule has 0 aromatic carbocycles. The molecule has 0 aromatic rings. The van der Waals surface area contributed by atoms with E-state index in [9.17, 15) is 4.79 Å². The molecule has 0 heterocycles. The van der Waals surface area contributed by atoms with E-state index in [4.69, 9.17) is 0 Å². The van der Waals surface area contributed by atoms with E-state index in [0.29, 0.717) is 5.57 Å². The first-order valence-corrected chi connectivity index (χ1v) is 5.14. The van der Waals surface area contributed by atoms with E-state index in [2.05, 4.69) is 11.0 Å². The van der Waals surface area contributed by atoms with Gasteiger partial charge < -0.3 is 5.32 Å². The average molecular weight is 181 g/mol. The third-order valence-electron chi connectivity index (χ3n) is 1.43. The summed E-state index contributed by atoms with van der Waals surface area (Å²) < 4.78 is 0. The first-order chi connectivity index (χ1) is 5.84. The Hall–Kier alpha value is -0.920. The minimum absolute atomic E-state index is 0.0333. The van der Waals surface area contributed by atoms with E-state index in [1.54, 1.807) is 23.9 Å². The molecule has 64 valence electrons. The van der Waals surface area contributed by atoms with Gasteiger partial charge in [-0.15, -0.1) is 5.73 Å². The second-order valence-electron chi connectivity index (χ2n) is 2.33. The fraction of sp³-hybridized carbons (Fsp3) is 0.333. The molecule has 0 aromatic heterocycles. The van der Waals surface area contributed by atoms with Gasteiger partial charge in [0.25, 0.3) is 5.91 Å². The highest BCUT2D eigenvalue weighted by atomic mass is 32.2. The van der Waals surface area contributed by atoms with Gasteiger partial charge in [0, 0.05) is 12.3 Å². The number of nitrogens with one attached hydrogen (secondary N) is 1. The van der Waals surface area contributed by atoms with E-state index in [1.807, 2.05) is 12.3 Å². The summed E-state index contributed by atoms with van der Waals surface area (Å²) in [7, 11) is 0. The third-order valence-corrected chi connectivity index (χ3v) is 2.05. The molecule has 12 heavy (non-hydrogen) atoms. The number of hydrogen-bond donors (Lipinski definition) is 1. The second-order valence-corrected chi connectivity index (χ2v) is 3.32. The largest absolute Gasteiger partial charge is 0.351 e. The normalized spacial score (nSPS) is 13.2. The number of carbonyl (C=O) groups excluding carboxylic acids is 1. The zero-order valence-corrected chi connectivity index (χ0v) is 7.78. The number of thioether (sulfide) groups is 1. The van der Waals surface area contributed by atoms with E-state index < -0.39 is 0 Å². The van der Waals surface area contributed by atoms with Crippen molar-refractivity contribution in [3.63, 3.8) is 0 Å². The van der Waals surface area contributed by atoms with Gasteiger partial charge in [-0.2, -0.15) is 11.8 Å². The molecule has 1 amide bonds. The van der Waals surface area contributed by atoms with Crippen LogP contribution in [0.25, 0.3) is 0 Å². The monoisotopic (exact) mass is 181 g/mol. The Labute approximate surface area is 76.4 Å². The van der Waals surface area contributed by atoms with Crippen LogP contribution in [-0.2, 0) is 4.79 Å². The summed E-state index contributed by atoms with van der Waals surface area (Å²) in [6.07, 6.45) is 7.32. The third kappa shape index (κ3) is 2.61. The smallest absolute Gasteiger partial charge is 0.259 e. The van der Waals surface area contributed by atoms with Gasteiger partial charge in [0.2, 0.25) is 0 Å². The molecule has 0 radical (unpaired) electrons. The molecule has 2 nitrogen and oxygen atoms in total. The van der Waals surface area contributed by atoms with E-state index in [1.165, 1.54) is 0 Å². The summed E-state index contributed by atoms with van der Waals surface area (Å²) in [6, 6.07) is 0. The lowest BCUT2D eigenvalue weighted by Gasteiger charge is -2.01. The second kappa shape index (κ2) is 4.86. The van der Waals surface area contributed by atoms with Gasteiger partial charge in [-0.05, 0) is 18.4 Å². The van der Waals surface area contributed by atoms with Crippen molar-refractivity contribution >= 4 is 17.7 Å². The Morgan fingerprint density at radius 1 is 1.75 bits per heavy atom. The maximum atomic E-state index is 11.2. The highest BCUT2D eigenvalue weighted by molar-refractivity contribution is 7.98. The Kier molecular flexibility index (Phi) is 3.71. The summed E-state index contributed by atoms with van der Waals surface area (Å²) in [5.74, 6) is 0.918. The van der Waals surface area contributed by atoms with Gasteiger partial charge in [0.15, 0.2) is 0 Å². The van der Waals surface area contributed by atoms with Crippen LogP contribution in [-0.4, -0.2) is 24.5 Å². The van der Waals surface area contributed by atoms with E-state index in [0.717, 1.165) is 12.3 Å². The Bertz CT molecular complexity index is 262. The van der Waals surface area contributed by atoms with Crippen molar-refractivity contribution in [1.82, 2.24) is 5.32 Å². The number of carbonyl (C=O) groups is 1. The average Bonchev–Trinajstić information content (AvgIpc) is 2.56. The van der Waals surface area contributed by atoms with Crippen LogP contribution in [0.5, 0.6) is 0 Å². The molecule has 0 atom stereocenters. The van der Waals surface area contributed by atoms with Crippen molar-refractivity contribution in [3.05, 3.63) is 29.5 Å². The molecule has 1 aliphatic rings. The van der Waals surface area contributed by atoms with Crippen molar-refractivity contribution in [2.24, 2.45) is 0 Å². The topological polar surface area (TPSA) is 29.1 Å². The van der Waals surface area contributed by atoms with Gasteiger partial charge in [-0.3, -0.25) is 4.79 Å². The van der Waals surface area contributed by atoms with Crippen LogP contribution >= 0.6 is 11.8 Å². The fourth-order valence-electron chi connectivity index (χ4n) is 0.833. The molecule has 0 saturated carbocycles. The number of hydrogen-bond acceptors (Lipinski definition) is 2. The van der Waals surface area contributed by atoms with Crippen LogP contribution in [0.3, 0.4) is 0 Å². The maximum absolute atomic E-state index is 11.2. The molecule has 0 bridgehead atoms. The minimum atomic E-state index is -0.0333. The summed E-state index contributed by atoms with van der Waals surface area (Å²) in [4.78, 5) is 11.2. The van der Waals surface area contributed by atoms with Crippen molar-refractivity contribution in [3.8, 4) is 0 Å². The Morgan fingerprint density at radius 2 is 2.58 bits per heavy atom. The standard InChI is InChI=1S/C9H11NOS/c1-12-7-6-10-9(11)8-4-2-3-5-8/h2-4H,6-7H2,1H3,(H,10,11). The molecule has 3 heteroatoms. The van der Waals surface area contributed by atoms with Crippen molar-refractivity contribution in [2.45, 2.75) is 0 Å². The van der Waals surface area contributed by atoms with Crippen molar-refractivity contribution in [2.75, 3.05) is 18.6 Å². The predicted molar refractivity (Wildman–Crippen MR) is 52.1 cm³/mol. The van der Waals surface area contributed by atoms with Crippen LogP contribution in [0.15, 0.2) is 29.5 Å². The maximum Gasteiger partial charge on any atom is 0.259 e. The number of allylic oxidation sites excluding steroid dienone is 1. The first kappa shape index (κ1) is 9.17. The quantitative estimate of drug-likeness (QED) is 0.520. The lowest BCUT2D eigenvalue weighted by molar-refractivity contribution is -0.117. The molecular weight excluding hydrogens is 170 g/mol. The molecule has 1 N–H and O–H groups in total. The Balaban J connectivity index is 2.29. The highest BCUT2D eigenvalue weighted by Crippen LogP contribution is 2.01. The van der Waals surface area contributed by atoms with Crippen LogP contribution in [0.2, 0.25) is 0 Å². The van der Waals surface area contributed by atoms with Crippen LogP contribution in [0.4, 0.5) is 0 Å². The van der Waals surface area contributed by atoms with Crippen molar-refractivity contribution in [1.29, 1.82) is 0 Å². The SMILES string of the molecule is CSCCNC(=O)C1=C=CC=C1. The summed E-state index contributed by atoms with van der Waals surface area (Å²) >= 11 is 1.72. The molecule has 0 aliphatic heterocycles. The molecule has 0 fully saturated rings. The van der Waals surface area contributed by atoms with Gasteiger partial charge >= 0.3 is 0 Å². The van der Waals surface area contributed by atoms with Gasteiger partial charge in [-0.1, -0.05) is 6.08 Å². The molecular formula is C9H11NOS. The van der Waals surface area contributed by atoms with Gasteiger partial charge in [-0.25, -0.2) is 0 Å². The van der Waals surface area contributed by atoms with E-state index >= 15 is 0 Å². The zero-order valence-electron chi connectivity index (χ0n) is 6.96. The van der Waals surface area contributed by atoms with Crippen molar-refractivity contribution < 1.29 is 4.79 Å². The molecule has 0 saturated heterocycles. The first-order valence-electron chi connectivity index (χ1n) is 3.75. The van der Waals surface area contributed by atoms with Gasteiger partial charge in [0.05, 0.1) is 5.57 Å². The Morgan fingerprint density at radius 3 is 3.17 bits per heavy atom. The summed E-state index contributed by atoms with van der Waals surface area (Å²) in [5.41, 5.74) is 3.47. The molecule has 0 spiro atoms. The minimum Gasteiger partial charge on any atom is -0.351 e. The highest BCUT2D eigenvalue weighted by Gasteiger charge is 2.05. The lowest BCUT2D eigenvalue weighted by atomic mass is 10.3. The van der Waals surface area contributed by atoms with E-state index in [-0.39, 0.29) is 5.91 Å². The summed E-state index contributed by atoms with van der Waals surface area (Å²) in [5, 5.41) is 2.79. The summed E-state index contributed by atoms with van der Waals surface area (Å²) in [6.45, 7) is 0.721. The van der Waals surface area contributed by atoms with Crippen LogP contribution in [0.1, 0.15) is 0 Å². The molecule has 1 aliphatic carbocycles. The predicted octanol–water partition coefficient (Wildman–Crippen LogP) is 1.12. The molecule has 0 unspecified atom stereocenters. The zero-order chi connectivity index (χ0) is 8.81. The van der Waals surface area contributed by atoms with Gasteiger partial charge in [0.1, 0.15) is 0 Å². The fourth-order valence-corrected chi connectivity index (χ4v) is 1.14. The lowest BCUT2D eigenvalue weighted by Crippen LogP contribution is -2.26. The van der Waals surface area contributed by atoms with Crippen LogP contribution in [0, 0.1) is 0 Å². The molecule has 1 rings (SSSR count). The number of amides is 1. The van der Waals surface area contributed by atoms with Crippen LogP contribution < -0.4 is 5.32 Å².